The minimum atomic E-state index is -1.17. The second-order valence-electron chi connectivity index (χ2n) is 1.88. The van der Waals surface area contributed by atoms with Crippen LogP contribution in [-0.2, 0) is 9.59 Å². The van der Waals surface area contributed by atoms with Gasteiger partial charge in [0.2, 0.25) is 0 Å². The Bertz CT molecular complexity index is 154. The molecule has 6 heteroatoms. The molecule has 0 aliphatic carbocycles. The van der Waals surface area contributed by atoms with Gasteiger partial charge in [-0.1, -0.05) is 0 Å². The monoisotopic (exact) mass is 171 g/mol. The summed E-state index contributed by atoms with van der Waals surface area (Å²) in [6.45, 7) is 0. The molecule has 0 heterocycles. The van der Waals surface area contributed by atoms with Crippen molar-refractivity contribution in [2.45, 2.75) is 18.9 Å². The standard InChI is InChI=1S/C5H9NO4.Na.H/c6-3(5(9)10)1-2-4(7)8;;/h3H,1-2,6H2,(H,7,8)(H,9,10);;/q;+1;-1. The van der Waals surface area contributed by atoms with Gasteiger partial charge in [0.25, 0.3) is 0 Å². The summed E-state index contributed by atoms with van der Waals surface area (Å²) in [6, 6.07) is -1.06. The van der Waals surface area contributed by atoms with Gasteiger partial charge >= 0.3 is 41.5 Å². The van der Waals surface area contributed by atoms with Crippen molar-refractivity contribution in [3.8, 4) is 0 Å². The Morgan fingerprint density at radius 2 is 1.91 bits per heavy atom. The number of hydrogen-bond donors (Lipinski definition) is 3. The van der Waals surface area contributed by atoms with Gasteiger partial charge < -0.3 is 17.4 Å². The van der Waals surface area contributed by atoms with Gasteiger partial charge in [0.1, 0.15) is 6.04 Å². The molecule has 0 amide bonds. The van der Waals surface area contributed by atoms with E-state index in [4.69, 9.17) is 15.9 Å². The fourth-order valence-corrected chi connectivity index (χ4v) is 0.402. The van der Waals surface area contributed by atoms with E-state index >= 15 is 0 Å². The van der Waals surface area contributed by atoms with E-state index in [2.05, 4.69) is 0 Å². The molecule has 0 saturated carbocycles. The van der Waals surface area contributed by atoms with Gasteiger partial charge in [0, 0.05) is 6.42 Å². The topological polar surface area (TPSA) is 101 Å². The zero-order valence-corrected chi connectivity index (χ0v) is 8.28. The normalized spacial score (nSPS) is 11.4. The van der Waals surface area contributed by atoms with Crippen LogP contribution in [0.25, 0.3) is 0 Å². The Morgan fingerprint density at radius 1 is 1.45 bits per heavy atom. The summed E-state index contributed by atoms with van der Waals surface area (Å²) < 4.78 is 0. The smallest absolute Gasteiger partial charge is 1.00 e. The van der Waals surface area contributed by atoms with Crippen molar-refractivity contribution >= 4 is 11.9 Å². The molecule has 0 aromatic rings. The molecule has 60 valence electrons. The minimum absolute atomic E-state index is 0. The van der Waals surface area contributed by atoms with Crippen LogP contribution in [0.5, 0.6) is 0 Å². The van der Waals surface area contributed by atoms with Gasteiger partial charge in [0.05, 0.1) is 0 Å². The molecule has 0 spiro atoms. The first kappa shape index (κ1) is 13.5. The van der Waals surface area contributed by atoms with Crippen LogP contribution in [0, 0.1) is 0 Å². The Labute approximate surface area is 87.3 Å². The van der Waals surface area contributed by atoms with Crippen LogP contribution in [0.2, 0.25) is 0 Å². The number of rotatable bonds is 4. The molecule has 11 heavy (non-hydrogen) atoms. The number of aliphatic carboxylic acids is 2. The molecule has 4 N–H and O–H groups in total. The largest absolute Gasteiger partial charge is 1.00 e. The van der Waals surface area contributed by atoms with Crippen LogP contribution in [0.4, 0.5) is 0 Å². The molecule has 0 rings (SSSR count). The second kappa shape index (κ2) is 6.60. The molecule has 0 aliphatic rings. The van der Waals surface area contributed by atoms with Crippen LogP contribution >= 0.6 is 0 Å². The van der Waals surface area contributed by atoms with Crippen molar-refractivity contribution in [2.24, 2.45) is 5.73 Å². The molecule has 0 aliphatic heterocycles. The molecule has 0 aromatic heterocycles. The van der Waals surface area contributed by atoms with Gasteiger partial charge in [-0.2, -0.15) is 0 Å². The van der Waals surface area contributed by atoms with Gasteiger partial charge in [-0.15, -0.1) is 0 Å². The van der Waals surface area contributed by atoms with Gasteiger partial charge in [-0.25, -0.2) is 0 Å². The molecule has 0 saturated heterocycles. The first-order valence-corrected chi connectivity index (χ1v) is 2.74. The Kier molecular flexibility index (Phi) is 8.09. The van der Waals surface area contributed by atoms with Crippen molar-refractivity contribution < 1.29 is 50.8 Å². The van der Waals surface area contributed by atoms with E-state index < -0.39 is 18.0 Å². The van der Waals surface area contributed by atoms with E-state index in [0.29, 0.717) is 0 Å². The van der Waals surface area contributed by atoms with Gasteiger partial charge in [0.15, 0.2) is 0 Å². The molecule has 0 bridgehead atoms. The van der Waals surface area contributed by atoms with Gasteiger partial charge in [-0.3, -0.25) is 9.59 Å². The number of nitrogens with two attached hydrogens (primary N) is 1. The summed E-state index contributed by atoms with van der Waals surface area (Å²) in [7, 11) is 0. The number of carbonyl (C=O) groups is 2. The SMILES string of the molecule is NC(CCC(=O)O)C(=O)O.[H-].[Na+]. The minimum Gasteiger partial charge on any atom is -1.00 e. The van der Waals surface area contributed by atoms with E-state index in [1.54, 1.807) is 0 Å². The maximum Gasteiger partial charge on any atom is 1.00 e. The summed E-state index contributed by atoms with van der Waals surface area (Å²) in [6.07, 6.45) is -0.224. The Hall–Kier alpha value is -0.100. The molecule has 0 radical (unpaired) electrons. The quantitative estimate of drug-likeness (QED) is 0.379. The molecule has 1 atom stereocenters. The average molecular weight is 171 g/mol. The summed E-state index contributed by atoms with van der Waals surface area (Å²) in [5, 5.41) is 16.3. The third kappa shape index (κ3) is 7.80. The Morgan fingerprint density at radius 3 is 2.18 bits per heavy atom. The third-order valence-corrected chi connectivity index (χ3v) is 0.986. The van der Waals surface area contributed by atoms with Gasteiger partial charge in [-0.05, 0) is 6.42 Å². The zero-order valence-electron chi connectivity index (χ0n) is 7.28. The summed E-state index contributed by atoms with van der Waals surface area (Å²) in [5.41, 5.74) is 5.00. The molecule has 0 fully saturated rings. The average Bonchev–Trinajstić information content (AvgIpc) is 1.82. The van der Waals surface area contributed by atoms with Crippen molar-refractivity contribution in [1.82, 2.24) is 0 Å². The second-order valence-corrected chi connectivity index (χ2v) is 1.88. The van der Waals surface area contributed by atoms with E-state index in [1.807, 2.05) is 0 Å². The summed E-state index contributed by atoms with van der Waals surface area (Å²) >= 11 is 0. The maximum absolute atomic E-state index is 9.99. The number of carboxylic acid groups (broad SMARTS) is 2. The summed E-state index contributed by atoms with van der Waals surface area (Å²) in [4.78, 5) is 19.9. The molecular weight excluding hydrogens is 161 g/mol. The van der Waals surface area contributed by atoms with E-state index in [0.717, 1.165) is 0 Å². The van der Waals surface area contributed by atoms with E-state index in [1.165, 1.54) is 0 Å². The predicted octanol–water partition coefficient (Wildman–Crippen LogP) is -3.62. The van der Waals surface area contributed by atoms with Crippen molar-refractivity contribution in [2.75, 3.05) is 0 Å². The first-order valence-electron chi connectivity index (χ1n) is 2.74. The first-order chi connectivity index (χ1) is 4.54. The van der Waals surface area contributed by atoms with Crippen LogP contribution in [0.3, 0.4) is 0 Å². The molecule has 5 nitrogen and oxygen atoms in total. The number of hydrogen-bond acceptors (Lipinski definition) is 3. The fourth-order valence-electron chi connectivity index (χ4n) is 0.402. The molecular formula is C5H10NNaO4. The summed E-state index contributed by atoms with van der Waals surface area (Å²) in [5.74, 6) is -2.20. The maximum atomic E-state index is 9.99. The van der Waals surface area contributed by atoms with Crippen molar-refractivity contribution in [3.63, 3.8) is 0 Å². The van der Waals surface area contributed by atoms with Crippen LogP contribution in [0.15, 0.2) is 0 Å². The van der Waals surface area contributed by atoms with Crippen LogP contribution in [0.1, 0.15) is 14.3 Å². The third-order valence-electron chi connectivity index (χ3n) is 0.986. The Balaban J connectivity index is -0.000000405. The van der Waals surface area contributed by atoms with Crippen molar-refractivity contribution in [3.05, 3.63) is 0 Å². The van der Waals surface area contributed by atoms with Crippen LogP contribution in [-0.4, -0.2) is 28.2 Å². The molecule has 1 unspecified atom stereocenters. The molecule has 0 aromatic carbocycles. The van der Waals surface area contributed by atoms with Crippen LogP contribution < -0.4 is 35.3 Å². The predicted molar refractivity (Wildman–Crippen MR) is 33.6 cm³/mol. The number of carboxylic acids is 2. The van der Waals surface area contributed by atoms with Crippen molar-refractivity contribution in [1.29, 1.82) is 0 Å². The van der Waals surface area contributed by atoms with E-state index in [-0.39, 0.29) is 43.8 Å². The zero-order chi connectivity index (χ0) is 8.15. The fraction of sp³-hybridized carbons (Fsp3) is 0.600. The van der Waals surface area contributed by atoms with E-state index in [9.17, 15) is 9.59 Å².